The van der Waals surface area contributed by atoms with E-state index in [0.717, 1.165) is 34.0 Å². The van der Waals surface area contributed by atoms with Gasteiger partial charge >= 0.3 is 0 Å². The summed E-state index contributed by atoms with van der Waals surface area (Å²) in [5.74, 6) is -1.83. The number of nitrogens with one attached hydrogen (secondary N) is 2. The number of hydrogen-bond acceptors (Lipinski definition) is 5. The van der Waals surface area contributed by atoms with E-state index in [1.165, 1.54) is 6.07 Å². The van der Waals surface area contributed by atoms with Gasteiger partial charge in [-0.05, 0) is 43.5 Å². The van der Waals surface area contributed by atoms with Gasteiger partial charge in [-0.15, -0.1) is 0 Å². The van der Waals surface area contributed by atoms with Crippen LogP contribution in [-0.4, -0.2) is 27.4 Å². The SMILES string of the molecule is CC[C@@]1(c2cccc(-c3cnn(Cc4cccc(F)c4F)c3)c2)C2=CN=NC2NC2=C1C(=O)NC(C)(C)C2. The van der Waals surface area contributed by atoms with Crippen molar-refractivity contribution in [3.05, 3.63) is 101 Å². The molecule has 0 saturated carbocycles. The van der Waals surface area contributed by atoms with E-state index in [0.29, 0.717) is 18.4 Å². The van der Waals surface area contributed by atoms with E-state index in [9.17, 15) is 13.6 Å². The number of nitrogens with zero attached hydrogens (tertiary/aromatic N) is 4. The largest absolute Gasteiger partial charge is 0.362 e. The van der Waals surface area contributed by atoms with Crippen LogP contribution in [0.4, 0.5) is 8.78 Å². The van der Waals surface area contributed by atoms with Crippen LogP contribution in [0.2, 0.25) is 0 Å². The van der Waals surface area contributed by atoms with E-state index in [1.807, 2.05) is 38.2 Å². The minimum Gasteiger partial charge on any atom is -0.362 e. The molecule has 2 atom stereocenters. The molecule has 1 aromatic heterocycles. The molecule has 0 radical (unpaired) electrons. The molecule has 2 N–H and O–H groups in total. The molecule has 0 spiro atoms. The summed E-state index contributed by atoms with van der Waals surface area (Å²) >= 11 is 0. The Morgan fingerprint density at radius 1 is 1.13 bits per heavy atom. The van der Waals surface area contributed by atoms with E-state index in [2.05, 4.69) is 39.0 Å². The van der Waals surface area contributed by atoms with Gasteiger partial charge in [0.1, 0.15) is 0 Å². The van der Waals surface area contributed by atoms with Gasteiger partial charge in [0, 0.05) is 40.6 Å². The highest BCUT2D eigenvalue weighted by atomic mass is 19.2. The topological polar surface area (TPSA) is 83.7 Å². The van der Waals surface area contributed by atoms with Crippen LogP contribution in [0.3, 0.4) is 0 Å². The number of halogens is 2. The lowest BCUT2D eigenvalue weighted by Gasteiger charge is -2.48. The monoisotopic (exact) mass is 514 g/mol. The Bertz CT molecular complexity index is 1550. The predicted octanol–water partition coefficient (Wildman–Crippen LogP) is 5.36. The molecule has 0 saturated heterocycles. The van der Waals surface area contributed by atoms with Gasteiger partial charge in [-0.1, -0.05) is 37.3 Å². The highest BCUT2D eigenvalue weighted by molar-refractivity contribution is 6.00. The highest BCUT2D eigenvalue weighted by Crippen LogP contribution is 2.51. The molecule has 3 aromatic rings. The molecular formula is C29H28F2N6O. The number of amides is 1. The standard InChI is InChI=1S/C29H28F2N6O/c1-4-29(21-14-32-36-26(21)34-23-12-28(2,3)35-27(38)24(23)29)20-9-5-7-17(11-20)19-13-33-37(16-19)15-18-8-6-10-22(30)25(18)31/h5-11,13-14,16,26,34H,4,12,15H2,1-3H3,(H,35,38)/t26?,29-/m1/s1. The summed E-state index contributed by atoms with van der Waals surface area (Å²) in [4.78, 5) is 13.6. The number of rotatable bonds is 5. The van der Waals surface area contributed by atoms with Gasteiger partial charge in [-0.25, -0.2) is 8.78 Å². The maximum absolute atomic E-state index is 14.2. The van der Waals surface area contributed by atoms with Crippen molar-refractivity contribution in [3.8, 4) is 11.1 Å². The molecule has 0 fully saturated rings. The first-order valence-corrected chi connectivity index (χ1v) is 12.7. The van der Waals surface area contributed by atoms with Gasteiger partial charge in [0.05, 0.1) is 29.9 Å². The van der Waals surface area contributed by atoms with Crippen LogP contribution in [0.1, 0.15) is 44.7 Å². The Morgan fingerprint density at radius 2 is 1.95 bits per heavy atom. The second kappa shape index (κ2) is 8.72. The van der Waals surface area contributed by atoms with E-state index >= 15 is 0 Å². The summed E-state index contributed by atoms with van der Waals surface area (Å²) in [7, 11) is 0. The summed E-state index contributed by atoms with van der Waals surface area (Å²) in [6.07, 6.45) is 6.29. The zero-order valence-electron chi connectivity index (χ0n) is 21.4. The molecule has 9 heteroatoms. The van der Waals surface area contributed by atoms with E-state index in [4.69, 9.17) is 0 Å². The second-order valence-electron chi connectivity index (χ2n) is 10.7. The van der Waals surface area contributed by atoms with Crippen molar-refractivity contribution in [2.75, 3.05) is 0 Å². The maximum atomic E-state index is 14.2. The minimum absolute atomic E-state index is 0.0906. The van der Waals surface area contributed by atoms with Crippen LogP contribution in [0, 0.1) is 11.6 Å². The van der Waals surface area contributed by atoms with Crippen LogP contribution < -0.4 is 10.6 Å². The second-order valence-corrected chi connectivity index (χ2v) is 10.7. The lowest BCUT2D eigenvalue weighted by atomic mass is 9.62. The van der Waals surface area contributed by atoms with Crippen molar-refractivity contribution in [2.45, 2.75) is 57.3 Å². The van der Waals surface area contributed by atoms with Gasteiger partial charge in [-0.3, -0.25) is 9.48 Å². The summed E-state index contributed by atoms with van der Waals surface area (Å²) in [6, 6.07) is 12.2. The molecule has 38 heavy (non-hydrogen) atoms. The number of aromatic nitrogens is 2. The summed E-state index contributed by atoms with van der Waals surface area (Å²) < 4.78 is 29.5. The van der Waals surface area contributed by atoms with Crippen molar-refractivity contribution in [3.63, 3.8) is 0 Å². The van der Waals surface area contributed by atoms with Gasteiger partial charge in [-0.2, -0.15) is 15.3 Å². The number of hydrogen-bond donors (Lipinski definition) is 2. The third kappa shape index (κ3) is 3.76. The van der Waals surface area contributed by atoms with E-state index in [-0.39, 0.29) is 29.7 Å². The van der Waals surface area contributed by atoms with Crippen molar-refractivity contribution < 1.29 is 13.6 Å². The van der Waals surface area contributed by atoms with E-state index < -0.39 is 17.0 Å². The fourth-order valence-electron chi connectivity index (χ4n) is 6.02. The fraction of sp³-hybridized carbons (Fsp3) is 0.310. The minimum atomic E-state index is -0.879. The molecule has 194 valence electrons. The Balaban J connectivity index is 1.42. The highest BCUT2D eigenvalue weighted by Gasteiger charge is 2.53. The first-order chi connectivity index (χ1) is 18.2. The molecular weight excluding hydrogens is 486 g/mol. The molecule has 6 rings (SSSR count). The fourth-order valence-corrected chi connectivity index (χ4v) is 6.02. The average molecular weight is 515 g/mol. The zero-order valence-corrected chi connectivity index (χ0v) is 21.4. The molecule has 0 aliphatic carbocycles. The quantitative estimate of drug-likeness (QED) is 0.481. The first kappa shape index (κ1) is 24.2. The van der Waals surface area contributed by atoms with Crippen LogP contribution in [0.15, 0.2) is 88.1 Å². The third-order valence-corrected chi connectivity index (χ3v) is 7.72. The molecule has 2 aromatic carbocycles. The third-order valence-electron chi connectivity index (χ3n) is 7.72. The lowest BCUT2D eigenvalue weighted by molar-refractivity contribution is -0.120. The van der Waals surface area contributed by atoms with Crippen molar-refractivity contribution in [1.29, 1.82) is 0 Å². The van der Waals surface area contributed by atoms with Crippen molar-refractivity contribution in [2.24, 2.45) is 10.2 Å². The van der Waals surface area contributed by atoms with Crippen LogP contribution in [0.25, 0.3) is 11.1 Å². The van der Waals surface area contributed by atoms with Gasteiger partial charge in [0.25, 0.3) is 5.91 Å². The normalized spacial score (nSPS) is 23.4. The Morgan fingerprint density at radius 3 is 2.76 bits per heavy atom. The number of azo groups is 1. The Hall–Kier alpha value is -4.14. The molecule has 7 nitrogen and oxygen atoms in total. The average Bonchev–Trinajstić information content (AvgIpc) is 3.55. The van der Waals surface area contributed by atoms with Gasteiger partial charge in [0.15, 0.2) is 17.8 Å². The molecule has 4 heterocycles. The van der Waals surface area contributed by atoms with Gasteiger partial charge in [0.2, 0.25) is 0 Å². The number of carbonyl (C=O) groups is 1. The molecule has 1 unspecified atom stereocenters. The summed E-state index contributed by atoms with van der Waals surface area (Å²) in [5.41, 5.74) is 4.41. The van der Waals surface area contributed by atoms with Crippen LogP contribution in [-0.2, 0) is 16.8 Å². The molecule has 1 amide bonds. The van der Waals surface area contributed by atoms with Gasteiger partial charge < -0.3 is 10.6 Å². The number of fused-ring (bicyclic) bond motifs is 1. The predicted molar refractivity (Wildman–Crippen MR) is 139 cm³/mol. The Kier molecular flexibility index (Phi) is 5.55. The molecule has 3 aliphatic heterocycles. The van der Waals surface area contributed by atoms with Crippen LogP contribution in [0.5, 0.6) is 0 Å². The smallest absolute Gasteiger partial charge is 0.250 e. The number of benzene rings is 2. The summed E-state index contributed by atoms with van der Waals surface area (Å²) in [6.45, 7) is 6.22. The van der Waals surface area contributed by atoms with Crippen molar-refractivity contribution >= 4 is 5.91 Å². The van der Waals surface area contributed by atoms with Crippen LogP contribution >= 0.6 is 0 Å². The maximum Gasteiger partial charge on any atom is 0.250 e. The van der Waals surface area contributed by atoms with E-state index in [1.54, 1.807) is 23.1 Å². The molecule has 0 bridgehead atoms. The molecule has 3 aliphatic rings. The lowest BCUT2D eigenvalue weighted by Crippen LogP contribution is -2.58. The zero-order chi connectivity index (χ0) is 26.7. The number of carbonyl (C=O) groups excluding carboxylic acids is 1. The van der Waals surface area contributed by atoms with Crippen molar-refractivity contribution in [1.82, 2.24) is 20.4 Å². The Labute approximate surface area is 219 Å². The summed E-state index contributed by atoms with van der Waals surface area (Å²) in [5, 5.41) is 19.7. The first-order valence-electron chi connectivity index (χ1n) is 12.7.